The molecular weight excluding hydrogens is 300 g/mol. The number of carbonyl (C=O) groups is 1. The van der Waals surface area contributed by atoms with Crippen LogP contribution >= 0.6 is 27.7 Å². The number of ketones is 1. The van der Waals surface area contributed by atoms with E-state index in [1.165, 1.54) is 23.6 Å². The largest absolute Gasteiger partial charge is 0.460 e. The molecule has 1 aromatic heterocycles. The molecule has 0 fully saturated rings. The van der Waals surface area contributed by atoms with E-state index in [1.807, 2.05) is 31.2 Å². The van der Waals surface area contributed by atoms with Gasteiger partial charge in [0.1, 0.15) is 0 Å². The number of benzene rings is 1. The Hall–Kier alpha value is -1.00. The van der Waals surface area contributed by atoms with Gasteiger partial charge in [0.05, 0.1) is 16.5 Å². The second kappa shape index (κ2) is 5.56. The zero-order valence-electron chi connectivity index (χ0n) is 9.27. The van der Waals surface area contributed by atoms with Crippen molar-refractivity contribution in [1.29, 1.82) is 0 Å². The molecule has 4 heteroatoms. The standard InChI is InChI=1S/C13H11BrO2S/c1-9-4-2-3-5-12(9)17-8-11(15)13-10(14)6-7-16-13/h2-7H,8H2,1H3. The van der Waals surface area contributed by atoms with Gasteiger partial charge in [-0.25, -0.2) is 0 Å². The summed E-state index contributed by atoms with van der Waals surface area (Å²) in [5, 5.41) is 0. The van der Waals surface area contributed by atoms with E-state index in [0.29, 0.717) is 16.0 Å². The molecule has 2 nitrogen and oxygen atoms in total. The van der Waals surface area contributed by atoms with Crippen molar-refractivity contribution < 1.29 is 9.21 Å². The molecule has 0 saturated heterocycles. The first-order valence-corrected chi connectivity index (χ1v) is 6.91. The van der Waals surface area contributed by atoms with Crippen molar-refractivity contribution in [2.45, 2.75) is 11.8 Å². The van der Waals surface area contributed by atoms with Crippen LogP contribution in [0, 0.1) is 6.92 Å². The van der Waals surface area contributed by atoms with Crippen LogP contribution in [0.2, 0.25) is 0 Å². The molecule has 0 aliphatic rings. The Labute approximate surface area is 113 Å². The normalized spacial score (nSPS) is 10.5. The molecule has 0 aliphatic heterocycles. The molecule has 0 unspecified atom stereocenters. The molecule has 0 aliphatic carbocycles. The Kier molecular flexibility index (Phi) is 4.07. The minimum Gasteiger partial charge on any atom is -0.460 e. The van der Waals surface area contributed by atoms with E-state index in [4.69, 9.17) is 4.42 Å². The molecule has 0 saturated carbocycles. The van der Waals surface area contributed by atoms with Crippen LogP contribution in [-0.2, 0) is 0 Å². The van der Waals surface area contributed by atoms with E-state index in [9.17, 15) is 4.79 Å². The molecule has 88 valence electrons. The minimum absolute atomic E-state index is 0.00451. The Morgan fingerprint density at radius 1 is 1.35 bits per heavy atom. The van der Waals surface area contributed by atoms with E-state index < -0.39 is 0 Å². The smallest absolute Gasteiger partial charge is 0.209 e. The lowest BCUT2D eigenvalue weighted by Crippen LogP contribution is -2.01. The summed E-state index contributed by atoms with van der Waals surface area (Å²) in [4.78, 5) is 13.0. The number of thioether (sulfide) groups is 1. The van der Waals surface area contributed by atoms with Crippen LogP contribution in [0.15, 0.2) is 50.4 Å². The zero-order valence-corrected chi connectivity index (χ0v) is 11.7. The Bertz CT molecular complexity index is 534. The van der Waals surface area contributed by atoms with Crippen molar-refractivity contribution in [3.8, 4) is 0 Å². The van der Waals surface area contributed by atoms with Crippen LogP contribution in [0.1, 0.15) is 16.1 Å². The summed E-state index contributed by atoms with van der Waals surface area (Å²) >= 11 is 4.82. The summed E-state index contributed by atoms with van der Waals surface area (Å²) in [6.45, 7) is 2.04. The lowest BCUT2D eigenvalue weighted by atomic mass is 10.2. The fourth-order valence-corrected chi connectivity index (χ4v) is 2.73. The Morgan fingerprint density at radius 2 is 2.12 bits per heavy atom. The molecule has 1 aromatic carbocycles. The van der Waals surface area contributed by atoms with Crippen LogP contribution in [0.5, 0.6) is 0 Å². The Balaban J connectivity index is 2.02. The van der Waals surface area contributed by atoms with Gasteiger partial charge >= 0.3 is 0 Å². The summed E-state index contributed by atoms with van der Waals surface area (Å²) in [6, 6.07) is 9.75. The predicted molar refractivity (Wildman–Crippen MR) is 72.6 cm³/mol. The fourth-order valence-electron chi connectivity index (χ4n) is 1.42. The van der Waals surface area contributed by atoms with Crippen LogP contribution in [0.25, 0.3) is 0 Å². The zero-order chi connectivity index (χ0) is 12.3. The molecule has 2 aromatic rings. The third-order valence-corrected chi connectivity index (χ3v) is 4.12. The molecule has 0 atom stereocenters. The molecule has 0 N–H and O–H groups in total. The number of halogens is 1. The van der Waals surface area contributed by atoms with Gasteiger partial charge in [-0.15, -0.1) is 11.8 Å². The molecule has 0 bridgehead atoms. The van der Waals surface area contributed by atoms with Gasteiger partial charge in [-0.05, 0) is 40.5 Å². The molecule has 1 heterocycles. The number of hydrogen-bond donors (Lipinski definition) is 0. The molecule has 0 radical (unpaired) electrons. The Morgan fingerprint density at radius 3 is 2.76 bits per heavy atom. The number of aryl methyl sites for hydroxylation is 1. The van der Waals surface area contributed by atoms with Gasteiger partial charge in [-0.2, -0.15) is 0 Å². The van der Waals surface area contributed by atoms with Gasteiger partial charge in [0.2, 0.25) is 5.78 Å². The van der Waals surface area contributed by atoms with Crippen molar-refractivity contribution in [2.75, 3.05) is 5.75 Å². The van der Waals surface area contributed by atoms with Crippen molar-refractivity contribution >= 4 is 33.5 Å². The lowest BCUT2D eigenvalue weighted by molar-refractivity contribution is 0.0991. The van der Waals surface area contributed by atoms with Crippen LogP contribution in [0.4, 0.5) is 0 Å². The van der Waals surface area contributed by atoms with E-state index in [1.54, 1.807) is 6.07 Å². The average Bonchev–Trinajstić information content (AvgIpc) is 2.74. The monoisotopic (exact) mass is 310 g/mol. The van der Waals surface area contributed by atoms with Gasteiger partial charge in [0, 0.05) is 4.90 Å². The van der Waals surface area contributed by atoms with E-state index >= 15 is 0 Å². The molecule has 17 heavy (non-hydrogen) atoms. The average molecular weight is 311 g/mol. The highest BCUT2D eigenvalue weighted by Gasteiger charge is 2.14. The first-order valence-electron chi connectivity index (χ1n) is 5.13. The van der Waals surface area contributed by atoms with E-state index in [2.05, 4.69) is 15.9 Å². The minimum atomic E-state index is -0.00451. The summed E-state index contributed by atoms with van der Waals surface area (Å²) in [7, 11) is 0. The number of Topliss-reactive ketones (excluding diaryl/α,β-unsaturated/α-hetero) is 1. The van der Waals surface area contributed by atoms with Crippen molar-refractivity contribution in [3.63, 3.8) is 0 Å². The van der Waals surface area contributed by atoms with Gasteiger partial charge in [-0.1, -0.05) is 18.2 Å². The highest BCUT2D eigenvalue weighted by atomic mass is 79.9. The summed E-state index contributed by atoms with van der Waals surface area (Å²) in [5.74, 6) is 0.776. The summed E-state index contributed by atoms with van der Waals surface area (Å²) in [5.41, 5.74) is 1.18. The maximum absolute atomic E-state index is 11.9. The number of carbonyl (C=O) groups excluding carboxylic acids is 1. The van der Waals surface area contributed by atoms with Crippen LogP contribution < -0.4 is 0 Å². The second-order valence-electron chi connectivity index (χ2n) is 3.58. The highest BCUT2D eigenvalue weighted by molar-refractivity contribution is 9.10. The third kappa shape index (κ3) is 3.01. The van der Waals surface area contributed by atoms with Crippen molar-refractivity contribution in [2.24, 2.45) is 0 Å². The van der Waals surface area contributed by atoms with Gasteiger partial charge < -0.3 is 4.42 Å². The first kappa shape index (κ1) is 12.5. The van der Waals surface area contributed by atoms with Gasteiger partial charge in [-0.3, -0.25) is 4.79 Å². The fraction of sp³-hybridized carbons (Fsp3) is 0.154. The molecule has 2 rings (SSSR count). The van der Waals surface area contributed by atoms with E-state index in [0.717, 1.165) is 4.90 Å². The van der Waals surface area contributed by atoms with E-state index in [-0.39, 0.29) is 5.78 Å². The summed E-state index contributed by atoms with van der Waals surface area (Å²) in [6.07, 6.45) is 1.51. The SMILES string of the molecule is Cc1ccccc1SCC(=O)c1occc1Br. The van der Waals surface area contributed by atoms with Crippen LogP contribution in [-0.4, -0.2) is 11.5 Å². The van der Waals surface area contributed by atoms with Gasteiger partial charge in [0.15, 0.2) is 5.76 Å². The first-order chi connectivity index (χ1) is 8.18. The van der Waals surface area contributed by atoms with Crippen molar-refractivity contribution in [1.82, 2.24) is 0 Å². The second-order valence-corrected chi connectivity index (χ2v) is 5.45. The molecular formula is C13H11BrO2S. The highest BCUT2D eigenvalue weighted by Crippen LogP contribution is 2.25. The van der Waals surface area contributed by atoms with Gasteiger partial charge in [0.25, 0.3) is 0 Å². The van der Waals surface area contributed by atoms with Crippen molar-refractivity contribution in [3.05, 3.63) is 52.4 Å². The number of hydrogen-bond acceptors (Lipinski definition) is 3. The maximum atomic E-state index is 11.9. The topological polar surface area (TPSA) is 30.2 Å². The quantitative estimate of drug-likeness (QED) is 0.622. The lowest BCUT2D eigenvalue weighted by Gasteiger charge is -2.03. The molecule has 0 spiro atoms. The van der Waals surface area contributed by atoms with Crippen LogP contribution in [0.3, 0.4) is 0 Å². The third-order valence-electron chi connectivity index (χ3n) is 2.32. The maximum Gasteiger partial charge on any atom is 0.209 e. The molecule has 0 amide bonds. The summed E-state index contributed by atoms with van der Waals surface area (Å²) < 4.78 is 5.85. The predicted octanol–water partition coefficient (Wildman–Crippen LogP) is 4.33. The number of rotatable bonds is 4. The number of furan rings is 1.